The summed E-state index contributed by atoms with van der Waals surface area (Å²) in [6.45, 7) is 6.20. The molecule has 0 spiro atoms. The highest BCUT2D eigenvalue weighted by molar-refractivity contribution is 7.07. The number of hydrogen-bond acceptors (Lipinski definition) is 3. The van der Waals surface area contributed by atoms with Gasteiger partial charge >= 0.3 is 0 Å². The van der Waals surface area contributed by atoms with Gasteiger partial charge in [-0.2, -0.15) is 5.10 Å². The van der Waals surface area contributed by atoms with Crippen LogP contribution in [0, 0.1) is 12.7 Å². The Kier molecular flexibility index (Phi) is 5.36. The van der Waals surface area contributed by atoms with Crippen LogP contribution in [0.1, 0.15) is 11.1 Å². The zero-order valence-electron chi connectivity index (χ0n) is 13.9. The Labute approximate surface area is 150 Å². The second-order valence-corrected chi connectivity index (χ2v) is 6.26. The molecule has 0 saturated carbocycles. The monoisotopic (exact) mass is 351 g/mol. The standard InChI is InChI=1S/C20H18FN3S/c1-3-12-22-20-24(23-13-16-9-5-4-8-15(16)2)19(14-25-20)17-10-6-7-11-18(17)21/h3-11,13-14H,1,12H2,2H3. The van der Waals surface area contributed by atoms with Crippen molar-refractivity contribution in [3.8, 4) is 11.3 Å². The summed E-state index contributed by atoms with van der Waals surface area (Å²) in [5.41, 5.74) is 3.31. The molecule has 2 aromatic carbocycles. The van der Waals surface area contributed by atoms with Crippen molar-refractivity contribution in [3.63, 3.8) is 0 Å². The van der Waals surface area contributed by atoms with Crippen molar-refractivity contribution in [2.45, 2.75) is 6.92 Å². The van der Waals surface area contributed by atoms with Crippen molar-refractivity contribution in [2.75, 3.05) is 6.54 Å². The first-order chi connectivity index (χ1) is 12.2. The molecule has 0 atom stereocenters. The first kappa shape index (κ1) is 17.0. The van der Waals surface area contributed by atoms with Crippen LogP contribution in [-0.2, 0) is 0 Å². The number of nitrogens with zero attached hydrogens (tertiary/aromatic N) is 3. The van der Waals surface area contributed by atoms with E-state index in [-0.39, 0.29) is 5.82 Å². The number of halogens is 1. The Morgan fingerprint density at radius 3 is 2.68 bits per heavy atom. The van der Waals surface area contributed by atoms with Gasteiger partial charge in [-0.15, -0.1) is 17.9 Å². The summed E-state index contributed by atoms with van der Waals surface area (Å²) in [6.07, 6.45) is 3.50. The van der Waals surface area contributed by atoms with Crippen LogP contribution in [0.2, 0.25) is 0 Å². The summed E-state index contributed by atoms with van der Waals surface area (Å²) in [4.78, 5) is 5.16. The maximum absolute atomic E-state index is 14.2. The molecule has 126 valence electrons. The van der Waals surface area contributed by atoms with Crippen molar-refractivity contribution in [2.24, 2.45) is 10.1 Å². The fraction of sp³-hybridized carbons (Fsp3) is 0.100. The SMILES string of the molecule is C=CCN=c1scc(-c2ccccc2F)n1N=Cc1ccccc1C. The predicted molar refractivity (Wildman–Crippen MR) is 103 cm³/mol. The molecule has 25 heavy (non-hydrogen) atoms. The van der Waals surface area contributed by atoms with Gasteiger partial charge in [0.05, 0.1) is 18.5 Å². The Hall–Kier alpha value is -2.79. The van der Waals surface area contributed by atoms with Crippen LogP contribution in [0.3, 0.4) is 0 Å². The molecule has 0 N–H and O–H groups in total. The Bertz CT molecular complexity index is 982. The van der Waals surface area contributed by atoms with Gasteiger partial charge in [0.2, 0.25) is 4.80 Å². The van der Waals surface area contributed by atoms with E-state index in [9.17, 15) is 4.39 Å². The average Bonchev–Trinajstić information content (AvgIpc) is 3.02. The van der Waals surface area contributed by atoms with Gasteiger partial charge < -0.3 is 0 Å². The first-order valence-electron chi connectivity index (χ1n) is 7.87. The number of hydrogen-bond donors (Lipinski definition) is 0. The molecule has 0 amide bonds. The molecule has 3 nitrogen and oxygen atoms in total. The minimum atomic E-state index is -0.282. The fourth-order valence-corrected chi connectivity index (χ4v) is 3.21. The summed E-state index contributed by atoms with van der Waals surface area (Å²) in [5.74, 6) is -0.282. The molecule has 0 unspecified atom stereocenters. The molecule has 0 radical (unpaired) electrons. The van der Waals surface area contributed by atoms with E-state index < -0.39 is 0 Å². The molecule has 1 heterocycles. The quantitative estimate of drug-likeness (QED) is 0.474. The molecular formula is C20H18FN3S. The molecule has 0 aliphatic heterocycles. The number of aryl methyl sites for hydroxylation is 1. The van der Waals surface area contributed by atoms with Crippen molar-refractivity contribution in [1.82, 2.24) is 4.68 Å². The molecule has 0 bridgehead atoms. The average molecular weight is 351 g/mol. The lowest BCUT2D eigenvalue weighted by Gasteiger charge is -2.05. The summed E-state index contributed by atoms with van der Waals surface area (Å²) in [7, 11) is 0. The van der Waals surface area contributed by atoms with Crippen molar-refractivity contribution >= 4 is 17.6 Å². The first-order valence-corrected chi connectivity index (χ1v) is 8.75. The smallest absolute Gasteiger partial charge is 0.206 e. The van der Waals surface area contributed by atoms with E-state index in [1.807, 2.05) is 42.6 Å². The molecule has 3 rings (SSSR count). The molecule has 1 aromatic heterocycles. The van der Waals surface area contributed by atoms with E-state index in [0.717, 1.165) is 11.1 Å². The lowest BCUT2D eigenvalue weighted by molar-refractivity contribution is 0.629. The van der Waals surface area contributed by atoms with E-state index in [1.54, 1.807) is 29.1 Å². The van der Waals surface area contributed by atoms with Gasteiger partial charge in [-0.05, 0) is 30.2 Å². The molecule has 0 aliphatic rings. The lowest BCUT2D eigenvalue weighted by Crippen LogP contribution is -2.13. The van der Waals surface area contributed by atoms with Gasteiger partial charge in [-0.1, -0.05) is 42.5 Å². The van der Waals surface area contributed by atoms with Crippen LogP contribution in [0.4, 0.5) is 4.39 Å². The second-order valence-electron chi connectivity index (χ2n) is 5.43. The number of benzene rings is 2. The van der Waals surface area contributed by atoms with Gasteiger partial charge in [-0.3, -0.25) is 4.99 Å². The number of rotatable bonds is 5. The minimum Gasteiger partial charge on any atom is -0.253 e. The van der Waals surface area contributed by atoms with Gasteiger partial charge in [0, 0.05) is 10.9 Å². The third kappa shape index (κ3) is 3.83. The van der Waals surface area contributed by atoms with Crippen LogP contribution < -0.4 is 4.80 Å². The zero-order valence-corrected chi connectivity index (χ0v) is 14.7. The minimum absolute atomic E-state index is 0.282. The van der Waals surface area contributed by atoms with E-state index in [1.165, 1.54) is 17.4 Å². The highest BCUT2D eigenvalue weighted by Crippen LogP contribution is 2.23. The normalized spacial score (nSPS) is 12.0. The lowest BCUT2D eigenvalue weighted by atomic mass is 10.1. The van der Waals surface area contributed by atoms with Crippen molar-refractivity contribution < 1.29 is 4.39 Å². The van der Waals surface area contributed by atoms with Crippen molar-refractivity contribution in [3.05, 3.63) is 88.3 Å². The maximum atomic E-state index is 14.2. The molecule has 0 aliphatic carbocycles. The van der Waals surface area contributed by atoms with E-state index in [2.05, 4.69) is 16.7 Å². The highest BCUT2D eigenvalue weighted by atomic mass is 32.1. The van der Waals surface area contributed by atoms with Crippen LogP contribution in [0.25, 0.3) is 11.3 Å². The van der Waals surface area contributed by atoms with Gasteiger partial charge in [0.15, 0.2) is 0 Å². The van der Waals surface area contributed by atoms with Gasteiger partial charge in [0.1, 0.15) is 5.82 Å². The molecule has 0 fully saturated rings. The number of aromatic nitrogens is 1. The topological polar surface area (TPSA) is 29.6 Å². The summed E-state index contributed by atoms with van der Waals surface area (Å²) in [6, 6.07) is 14.7. The largest absolute Gasteiger partial charge is 0.253 e. The van der Waals surface area contributed by atoms with E-state index in [0.29, 0.717) is 22.6 Å². The Morgan fingerprint density at radius 1 is 1.16 bits per heavy atom. The summed E-state index contributed by atoms with van der Waals surface area (Å²) >= 11 is 1.43. The molecule has 3 aromatic rings. The van der Waals surface area contributed by atoms with Crippen molar-refractivity contribution in [1.29, 1.82) is 0 Å². The molecular weight excluding hydrogens is 333 g/mol. The second kappa shape index (κ2) is 7.85. The van der Waals surface area contributed by atoms with Gasteiger partial charge in [0.25, 0.3) is 0 Å². The number of thiazole rings is 1. The predicted octanol–water partition coefficient (Wildman–Crippen LogP) is 4.63. The zero-order chi connectivity index (χ0) is 17.6. The maximum Gasteiger partial charge on any atom is 0.206 e. The fourth-order valence-electron chi connectivity index (χ4n) is 2.37. The highest BCUT2D eigenvalue weighted by Gasteiger charge is 2.11. The van der Waals surface area contributed by atoms with Crippen LogP contribution in [0.5, 0.6) is 0 Å². The van der Waals surface area contributed by atoms with Gasteiger partial charge in [-0.25, -0.2) is 9.07 Å². The van der Waals surface area contributed by atoms with Crippen LogP contribution in [-0.4, -0.2) is 17.4 Å². The third-order valence-electron chi connectivity index (χ3n) is 3.69. The Balaban J connectivity index is 2.13. The molecule has 0 saturated heterocycles. The van der Waals surface area contributed by atoms with Crippen LogP contribution >= 0.6 is 11.3 Å². The summed E-state index contributed by atoms with van der Waals surface area (Å²) in [5, 5.41) is 6.45. The van der Waals surface area contributed by atoms with E-state index >= 15 is 0 Å². The Morgan fingerprint density at radius 2 is 1.92 bits per heavy atom. The third-order valence-corrected chi connectivity index (χ3v) is 4.55. The molecule has 5 heteroatoms. The summed E-state index contributed by atoms with van der Waals surface area (Å²) < 4.78 is 15.9. The van der Waals surface area contributed by atoms with E-state index in [4.69, 9.17) is 0 Å². The van der Waals surface area contributed by atoms with Crippen LogP contribution in [0.15, 0.2) is 76.7 Å².